The highest BCUT2D eigenvalue weighted by atomic mass is 32.3. The number of guanidine groups is 1. The topological polar surface area (TPSA) is 174 Å². The van der Waals surface area contributed by atoms with E-state index in [1.165, 1.54) is 12.1 Å². The summed E-state index contributed by atoms with van der Waals surface area (Å²) in [5, 5.41) is 18.0. The Morgan fingerprint density at radius 2 is 1.50 bits per heavy atom. The van der Waals surface area contributed by atoms with E-state index >= 15 is 0 Å². The lowest BCUT2D eigenvalue weighted by molar-refractivity contribution is 0.0697. The van der Waals surface area contributed by atoms with Crippen molar-refractivity contribution in [3.8, 4) is 0 Å². The van der Waals surface area contributed by atoms with E-state index in [-0.39, 0.29) is 26.4 Å². The molecular formula is C10H19N3O6S. The van der Waals surface area contributed by atoms with E-state index in [0.29, 0.717) is 5.69 Å². The van der Waals surface area contributed by atoms with E-state index in [0.717, 1.165) is 0 Å². The molecule has 20 heavy (non-hydrogen) atoms. The van der Waals surface area contributed by atoms with Crippen molar-refractivity contribution in [2.45, 2.75) is 14.9 Å². The molecule has 7 N–H and O–H groups in total. The summed E-state index contributed by atoms with van der Waals surface area (Å²) in [7, 11) is -4.67. The second kappa shape index (κ2) is 9.72. The first kappa shape index (κ1) is 23.0. The van der Waals surface area contributed by atoms with E-state index in [2.05, 4.69) is 5.32 Å². The molecule has 0 atom stereocenters. The van der Waals surface area contributed by atoms with Gasteiger partial charge in [0.25, 0.3) is 0 Å². The van der Waals surface area contributed by atoms with Crippen molar-refractivity contribution in [1.29, 1.82) is 5.41 Å². The molecule has 1 aromatic rings. The van der Waals surface area contributed by atoms with Crippen LogP contribution >= 0.6 is 0 Å². The summed E-state index contributed by atoms with van der Waals surface area (Å²) in [4.78, 5) is 10.4. The minimum Gasteiger partial charge on any atom is -0.478 e. The van der Waals surface area contributed by atoms with Crippen LogP contribution in [-0.4, -0.2) is 34.6 Å². The molecule has 1 aromatic carbocycles. The molecule has 0 aliphatic heterocycles. The Kier molecular flexibility index (Phi) is 11.2. The predicted octanol–water partition coefficient (Wildman–Crippen LogP) is 1.31. The molecular weight excluding hydrogens is 290 g/mol. The van der Waals surface area contributed by atoms with Gasteiger partial charge in [-0.15, -0.1) is 0 Å². The molecule has 0 aliphatic rings. The average Bonchev–Trinajstić information content (AvgIpc) is 2.14. The third kappa shape index (κ3) is 13.9. The van der Waals surface area contributed by atoms with E-state index in [4.69, 9.17) is 33.8 Å². The number of nitrogens with two attached hydrogens (primary N) is 1. The summed E-state index contributed by atoms with van der Waals surface area (Å²) < 4.78 is 31.6. The smallest absolute Gasteiger partial charge is 0.394 e. The van der Waals surface area contributed by atoms with E-state index in [1.807, 2.05) is 0 Å². The molecule has 9 nitrogen and oxygen atoms in total. The van der Waals surface area contributed by atoms with Crippen LogP contribution in [-0.2, 0) is 10.4 Å². The Balaban J connectivity index is -0.000000361. The Labute approximate surface area is 117 Å². The number of carboxylic acid groups (broad SMARTS) is 1. The first-order valence-electron chi connectivity index (χ1n) is 4.24. The van der Waals surface area contributed by atoms with Crippen LogP contribution in [0.4, 0.5) is 5.69 Å². The molecule has 1 rings (SSSR count). The minimum atomic E-state index is -4.67. The molecule has 0 heterocycles. The lowest BCUT2D eigenvalue weighted by Crippen LogP contribution is -2.20. The van der Waals surface area contributed by atoms with E-state index < -0.39 is 16.4 Å². The summed E-state index contributed by atoms with van der Waals surface area (Å²) in [6, 6.07) is 5.97. The highest BCUT2D eigenvalue weighted by Gasteiger charge is 2.01. The van der Waals surface area contributed by atoms with Crippen LogP contribution in [0.25, 0.3) is 0 Å². The van der Waals surface area contributed by atoms with Gasteiger partial charge in [0.15, 0.2) is 5.96 Å². The van der Waals surface area contributed by atoms with Crippen LogP contribution in [0.2, 0.25) is 0 Å². The number of carboxylic acids is 1. The van der Waals surface area contributed by atoms with Crippen LogP contribution in [0.3, 0.4) is 0 Å². The van der Waals surface area contributed by atoms with Gasteiger partial charge < -0.3 is 16.2 Å². The first-order valence-corrected chi connectivity index (χ1v) is 5.63. The minimum absolute atomic E-state index is 0. The number of benzene rings is 1. The van der Waals surface area contributed by atoms with Gasteiger partial charge in [-0.2, -0.15) is 8.42 Å². The standard InChI is InChI=1S/C8H9N3O2.2CH4.H2O4S/c9-8(10)11-6-3-1-5(2-4-6)7(12)13;;;1-5(2,3)4/h1-4H,(H,12,13)(H4,9,10,11);2*1H4;(H2,1,2,3,4). The van der Waals surface area contributed by atoms with Gasteiger partial charge in [0.05, 0.1) is 5.56 Å². The zero-order valence-electron chi connectivity index (χ0n) is 8.86. The van der Waals surface area contributed by atoms with Gasteiger partial charge in [-0.05, 0) is 24.3 Å². The zero-order chi connectivity index (χ0) is 14.3. The van der Waals surface area contributed by atoms with Crippen LogP contribution in [0.15, 0.2) is 24.3 Å². The lowest BCUT2D eigenvalue weighted by Gasteiger charge is -2.02. The molecule has 0 unspecified atom stereocenters. The molecule has 0 saturated carbocycles. The van der Waals surface area contributed by atoms with Crippen molar-refractivity contribution in [3.05, 3.63) is 29.8 Å². The Bertz CT molecular complexity index is 518. The van der Waals surface area contributed by atoms with Gasteiger partial charge in [0.1, 0.15) is 0 Å². The van der Waals surface area contributed by atoms with Crippen LogP contribution in [0.5, 0.6) is 0 Å². The van der Waals surface area contributed by atoms with Crippen molar-refractivity contribution in [1.82, 2.24) is 0 Å². The van der Waals surface area contributed by atoms with Gasteiger partial charge in [-0.1, -0.05) is 14.9 Å². The van der Waals surface area contributed by atoms with Crippen molar-refractivity contribution in [2.24, 2.45) is 5.73 Å². The van der Waals surface area contributed by atoms with Gasteiger partial charge in [-0.25, -0.2) is 4.79 Å². The van der Waals surface area contributed by atoms with Crippen LogP contribution < -0.4 is 11.1 Å². The number of hydrogen-bond donors (Lipinski definition) is 6. The molecule has 0 amide bonds. The fourth-order valence-electron chi connectivity index (χ4n) is 0.852. The lowest BCUT2D eigenvalue weighted by atomic mass is 10.2. The molecule has 10 heteroatoms. The molecule has 0 saturated heterocycles. The third-order valence-electron chi connectivity index (χ3n) is 1.41. The molecule has 0 aromatic heterocycles. The van der Waals surface area contributed by atoms with Gasteiger partial charge in [0.2, 0.25) is 0 Å². The van der Waals surface area contributed by atoms with Crippen molar-refractivity contribution < 1.29 is 27.4 Å². The molecule has 0 spiro atoms. The summed E-state index contributed by atoms with van der Waals surface area (Å²) in [5.41, 5.74) is 5.88. The summed E-state index contributed by atoms with van der Waals surface area (Å²) in [5.74, 6) is -1.16. The summed E-state index contributed by atoms with van der Waals surface area (Å²) in [6.07, 6.45) is 0. The molecule has 0 bridgehead atoms. The molecule has 0 radical (unpaired) electrons. The normalized spacial score (nSPS) is 8.90. The van der Waals surface area contributed by atoms with Crippen LogP contribution in [0.1, 0.15) is 25.2 Å². The van der Waals surface area contributed by atoms with Crippen molar-refractivity contribution >= 4 is 28.0 Å². The number of anilines is 1. The maximum atomic E-state index is 10.4. The number of rotatable bonds is 2. The monoisotopic (exact) mass is 309 g/mol. The van der Waals surface area contributed by atoms with Crippen LogP contribution in [0, 0.1) is 5.41 Å². The molecule has 0 fully saturated rings. The second-order valence-corrected chi connectivity index (χ2v) is 3.76. The SMILES string of the molecule is C.C.N=C(N)Nc1ccc(C(=O)O)cc1.O=S(=O)(O)O. The summed E-state index contributed by atoms with van der Waals surface area (Å²) in [6.45, 7) is 0. The number of carbonyl (C=O) groups is 1. The highest BCUT2D eigenvalue weighted by molar-refractivity contribution is 7.79. The largest absolute Gasteiger partial charge is 0.478 e. The second-order valence-electron chi connectivity index (χ2n) is 2.87. The summed E-state index contributed by atoms with van der Waals surface area (Å²) >= 11 is 0. The van der Waals surface area contributed by atoms with Gasteiger partial charge >= 0.3 is 16.4 Å². The number of nitrogens with one attached hydrogen (secondary N) is 2. The first-order chi connectivity index (χ1) is 8.09. The molecule has 0 aliphatic carbocycles. The molecule has 116 valence electrons. The van der Waals surface area contributed by atoms with E-state index in [1.54, 1.807) is 12.1 Å². The Morgan fingerprint density at radius 3 is 1.75 bits per heavy atom. The fourth-order valence-corrected chi connectivity index (χ4v) is 0.852. The van der Waals surface area contributed by atoms with Crippen molar-refractivity contribution in [3.63, 3.8) is 0 Å². The van der Waals surface area contributed by atoms with Gasteiger partial charge in [-0.3, -0.25) is 14.5 Å². The fraction of sp³-hybridized carbons (Fsp3) is 0.200. The Hall–Kier alpha value is -2.17. The van der Waals surface area contributed by atoms with Gasteiger partial charge in [0, 0.05) is 5.69 Å². The average molecular weight is 309 g/mol. The predicted molar refractivity (Wildman–Crippen MR) is 76.6 cm³/mol. The maximum absolute atomic E-state index is 10.4. The number of hydrogen-bond acceptors (Lipinski definition) is 4. The third-order valence-corrected chi connectivity index (χ3v) is 1.41. The number of aromatic carboxylic acids is 1. The van der Waals surface area contributed by atoms with Crippen molar-refractivity contribution in [2.75, 3.05) is 5.32 Å². The zero-order valence-corrected chi connectivity index (χ0v) is 9.68. The Morgan fingerprint density at radius 1 is 1.15 bits per heavy atom. The highest BCUT2D eigenvalue weighted by Crippen LogP contribution is 2.08. The van der Waals surface area contributed by atoms with E-state index in [9.17, 15) is 4.79 Å². The maximum Gasteiger partial charge on any atom is 0.394 e. The quantitative estimate of drug-likeness (QED) is 0.269.